The van der Waals surface area contributed by atoms with Gasteiger partial charge in [0.2, 0.25) is 0 Å². The van der Waals surface area contributed by atoms with Crippen LogP contribution < -0.4 is 4.74 Å². The number of nitrogens with zero attached hydrogens (tertiary/aromatic N) is 3. The molecule has 0 amide bonds. The van der Waals surface area contributed by atoms with E-state index in [2.05, 4.69) is 141 Å². The van der Waals surface area contributed by atoms with Gasteiger partial charge in [-0.2, -0.15) is 0 Å². The predicted molar refractivity (Wildman–Crippen MR) is 211 cm³/mol. The predicted octanol–water partition coefficient (Wildman–Crippen LogP) is 11.6. The minimum atomic E-state index is -0.527. The van der Waals surface area contributed by atoms with Crippen LogP contribution in [-0.2, 0) is 10.8 Å². The average Bonchev–Trinajstić information content (AvgIpc) is 3.64. The summed E-state index contributed by atoms with van der Waals surface area (Å²) >= 11 is 0. The lowest BCUT2D eigenvalue weighted by molar-refractivity contribution is 0.437. The Morgan fingerprint density at radius 2 is 0.887 bits per heavy atom. The molecule has 250 valence electrons. The zero-order valence-corrected chi connectivity index (χ0v) is 29.3. The van der Waals surface area contributed by atoms with Crippen LogP contribution in [0.1, 0.15) is 47.2 Å². The first kappa shape index (κ1) is 30.0. The maximum Gasteiger partial charge on any atom is 0.164 e. The molecule has 0 saturated carbocycles. The lowest BCUT2D eigenvalue weighted by Gasteiger charge is -2.40. The van der Waals surface area contributed by atoms with E-state index in [0.29, 0.717) is 17.5 Å². The van der Waals surface area contributed by atoms with E-state index < -0.39 is 5.41 Å². The largest absolute Gasteiger partial charge is 0.456 e. The molecule has 4 heteroatoms. The summed E-state index contributed by atoms with van der Waals surface area (Å²) in [5.74, 6) is 3.77. The molecule has 2 aliphatic carbocycles. The first-order valence-corrected chi connectivity index (χ1v) is 18.2. The topological polar surface area (TPSA) is 47.9 Å². The van der Waals surface area contributed by atoms with E-state index in [0.717, 1.165) is 39.3 Å². The third-order valence-electron chi connectivity index (χ3n) is 11.6. The van der Waals surface area contributed by atoms with Gasteiger partial charge >= 0.3 is 0 Å². The highest BCUT2D eigenvalue weighted by atomic mass is 16.5. The van der Waals surface area contributed by atoms with Gasteiger partial charge in [0.05, 0.1) is 5.41 Å². The molecule has 0 unspecified atom stereocenters. The van der Waals surface area contributed by atoms with Crippen LogP contribution in [0.3, 0.4) is 0 Å². The fraction of sp³-hybridized carbons (Fsp3) is 0.0816. The molecule has 7 aromatic carbocycles. The molecule has 1 aromatic heterocycles. The van der Waals surface area contributed by atoms with Gasteiger partial charge in [-0.05, 0) is 45.0 Å². The van der Waals surface area contributed by atoms with Gasteiger partial charge in [-0.1, -0.05) is 172 Å². The van der Waals surface area contributed by atoms with E-state index in [-0.39, 0.29) is 5.41 Å². The minimum absolute atomic E-state index is 0.373. The molecule has 53 heavy (non-hydrogen) atoms. The summed E-state index contributed by atoms with van der Waals surface area (Å²) < 4.78 is 7.15. The second-order valence-electron chi connectivity index (χ2n) is 14.7. The van der Waals surface area contributed by atoms with Crippen molar-refractivity contribution in [2.24, 2.45) is 0 Å². The molecule has 4 nitrogen and oxygen atoms in total. The molecule has 2 heterocycles. The molecule has 1 spiro atoms. The van der Waals surface area contributed by atoms with Gasteiger partial charge < -0.3 is 4.74 Å². The Morgan fingerprint density at radius 1 is 0.396 bits per heavy atom. The van der Waals surface area contributed by atoms with Gasteiger partial charge in [-0.15, -0.1) is 0 Å². The lowest BCUT2D eigenvalue weighted by atomic mass is 9.65. The van der Waals surface area contributed by atoms with Crippen molar-refractivity contribution in [2.45, 2.75) is 24.7 Å². The smallest absolute Gasteiger partial charge is 0.164 e. The van der Waals surface area contributed by atoms with Crippen molar-refractivity contribution in [3.05, 3.63) is 197 Å². The lowest BCUT2D eigenvalue weighted by Crippen LogP contribution is -2.32. The molecule has 0 radical (unpaired) electrons. The Hall–Kier alpha value is -6.65. The van der Waals surface area contributed by atoms with Crippen molar-refractivity contribution < 1.29 is 4.74 Å². The van der Waals surface area contributed by atoms with E-state index in [9.17, 15) is 0 Å². The van der Waals surface area contributed by atoms with Crippen LogP contribution in [0.15, 0.2) is 164 Å². The Kier molecular flexibility index (Phi) is 6.19. The molecular formula is C49H33N3O. The third-order valence-corrected chi connectivity index (χ3v) is 11.6. The summed E-state index contributed by atoms with van der Waals surface area (Å²) in [6.45, 7) is 4.63. The SMILES string of the molecule is CC1(C)c2ccc3c(c2-c2cccc(-c4nc(-c5ccccc5)nc(-c5ccccc5)n4)c21)Oc1ccccc1C31c2ccccc2-c2ccccc21. The van der Waals surface area contributed by atoms with Crippen molar-refractivity contribution in [1.29, 1.82) is 0 Å². The quantitative estimate of drug-likeness (QED) is 0.186. The average molecular weight is 680 g/mol. The second-order valence-corrected chi connectivity index (χ2v) is 14.7. The number of para-hydroxylation sites is 1. The van der Waals surface area contributed by atoms with E-state index in [1.807, 2.05) is 36.4 Å². The molecule has 1 aliphatic heterocycles. The van der Waals surface area contributed by atoms with Gasteiger partial charge in [0.1, 0.15) is 11.5 Å². The molecule has 0 fully saturated rings. The summed E-state index contributed by atoms with van der Waals surface area (Å²) in [5.41, 5.74) is 14.2. The van der Waals surface area contributed by atoms with Gasteiger partial charge in [0.15, 0.2) is 17.5 Å². The number of aromatic nitrogens is 3. The van der Waals surface area contributed by atoms with E-state index in [4.69, 9.17) is 19.7 Å². The number of fused-ring (bicyclic) bond motifs is 13. The van der Waals surface area contributed by atoms with Crippen molar-refractivity contribution in [1.82, 2.24) is 15.0 Å². The Balaban J connectivity index is 1.19. The van der Waals surface area contributed by atoms with Crippen LogP contribution in [-0.4, -0.2) is 15.0 Å². The first-order chi connectivity index (χ1) is 26.0. The summed E-state index contributed by atoms with van der Waals surface area (Å²) in [6.07, 6.45) is 0. The van der Waals surface area contributed by atoms with Crippen LogP contribution in [0, 0.1) is 0 Å². The normalized spacial score (nSPS) is 14.7. The molecular weight excluding hydrogens is 647 g/mol. The van der Waals surface area contributed by atoms with Gasteiger partial charge in [-0.25, -0.2) is 15.0 Å². The number of hydrogen-bond donors (Lipinski definition) is 0. The molecule has 3 aliphatic rings. The number of hydrogen-bond acceptors (Lipinski definition) is 4. The first-order valence-electron chi connectivity index (χ1n) is 18.2. The summed E-state index contributed by atoms with van der Waals surface area (Å²) in [6, 6.07) is 58.0. The maximum absolute atomic E-state index is 7.15. The van der Waals surface area contributed by atoms with Crippen molar-refractivity contribution in [3.8, 4) is 67.9 Å². The minimum Gasteiger partial charge on any atom is -0.456 e. The Morgan fingerprint density at radius 3 is 1.53 bits per heavy atom. The van der Waals surface area contributed by atoms with E-state index >= 15 is 0 Å². The Bertz CT molecular complexity index is 2680. The highest BCUT2D eigenvalue weighted by molar-refractivity contribution is 5.95. The zero-order chi connectivity index (χ0) is 35.3. The molecule has 0 saturated heterocycles. The molecule has 0 bridgehead atoms. The molecule has 0 N–H and O–H groups in total. The third kappa shape index (κ3) is 4.03. The second kappa shape index (κ2) is 10.9. The standard InChI is InChI=1S/C49H33N3O/c1-48(2)39-28-29-40-44(53-41-27-14-13-26-38(41)49(40)36-24-11-9-20-32(36)33-21-10-12-25-37(33)49)42(39)34-22-15-23-35(43(34)48)47-51-45(30-16-5-3-6-17-30)50-46(52-47)31-18-7-4-8-19-31/h3-29H,1-2H3. The Labute approximate surface area is 308 Å². The monoisotopic (exact) mass is 679 g/mol. The fourth-order valence-corrected chi connectivity index (χ4v) is 9.39. The van der Waals surface area contributed by atoms with Crippen LogP contribution in [0.25, 0.3) is 56.4 Å². The summed E-state index contributed by atoms with van der Waals surface area (Å²) in [4.78, 5) is 15.3. The highest BCUT2D eigenvalue weighted by Crippen LogP contribution is 2.65. The van der Waals surface area contributed by atoms with E-state index in [1.165, 1.54) is 44.5 Å². The van der Waals surface area contributed by atoms with Crippen molar-refractivity contribution in [2.75, 3.05) is 0 Å². The van der Waals surface area contributed by atoms with Crippen LogP contribution >= 0.6 is 0 Å². The zero-order valence-electron chi connectivity index (χ0n) is 29.3. The van der Waals surface area contributed by atoms with Crippen LogP contribution in [0.4, 0.5) is 0 Å². The van der Waals surface area contributed by atoms with Gasteiger partial charge in [0, 0.05) is 38.8 Å². The van der Waals surface area contributed by atoms with Crippen molar-refractivity contribution >= 4 is 0 Å². The highest BCUT2D eigenvalue weighted by Gasteiger charge is 2.53. The molecule has 0 atom stereocenters. The molecule has 8 aromatic rings. The van der Waals surface area contributed by atoms with Crippen molar-refractivity contribution in [3.63, 3.8) is 0 Å². The maximum atomic E-state index is 7.15. The van der Waals surface area contributed by atoms with Gasteiger partial charge in [0.25, 0.3) is 0 Å². The fourth-order valence-electron chi connectivity index (χ4n) is 9.39. The van der Waals surface area contributed by atoms with Crippen LogP contribution in [0.2, 0.25) is 0 Å². The number of ether oxygens (including phenoxy) is 1. The summed E-state index contributed by atoms with van der Waals surface area (Å²) in [5, 5.41) is 0. The number of benzene rings is 7. The summed E-state index contributed by atoms with van der Waals surface area (Å²) in [7, 11) is 0. The molecule has 11 rings (SSSR count). The van der Waals surface area contributed by atoms with Crippen LogP contribution in [0.5, 0.6) is 11.5 Å². The van der Waals surface area contributed by atoms with E-state index in [1.54, 1.807) is 0 Å². The number of rotatable bonds is 3. The van der Waals surface area contributed by atoms with Gasteiger partial charge in [-0.3, -0.25) is 0 Å².